The lowest BCUT2D eigenvalue weighted by Crippen LogP contribution is -2.54. The second kappa shape index (κ2) is 5.81. The summed E-state index contributed by atoms with van der Waals surface area (Å²) in [6, 6.07) is 4.23. The zero-order valence-electron chi connectivity index (χ0n) is 12.4. The predicted molar refractivity (Wildman–Crippen MR) is 73.9 cm³/mol. The number of carbonyl (C=O) groups excluding carboxylic acids is 3. The Balaban J connectivity index is 1.59. The van der Waals surface area contributed by atoms with Crippen molar-refractivity contribution < 1.29 is 32.3 Å². The number of hydrogen-bond acceptors (Lipinski definition) is 4. The van der Waals surface area contributed by atoms with Crippen LogP contribution in [0.4, 0.5) is 18.0 Å². The minimum atomic E-state index is -4.51. The normalized spacial score (nSPS) is 18.6. The first-order valence-electron chi connectivity index (χ1n) is 7.19. The van der Waals surface area contributed by atoms with Gasteiger partial charge in [0, 0.05) is 31.1 Å². The standard InChI is InChI=1S/C15H13F3N2O4/c16-15(17,18)11-3-1-2-10(4-11)13(22)19-5-9(6-19)7-20-12(21)8-24-14(20)23/h1-4,9H,5-8H2. The van der Waals surface area contributed by atoms with Crippen LogP contribution in [0.1, 0.15) is 15.9 Å². The van der Waals surface area contributed by atoms with E-state index in [4.69, 9.17) is 0 Å². The molecule has 2 fully saturated rings. The maximum Gasteiger partial charge on any atom is 0.417 e. The first-order valence-corrected chi connectivity index (χ1v) is 7.19. The van der Waals surface area contributed by atoms with E-state index in [1.54, 1.807) is 0 Å². The highest BCUT2D eigenvalue weighted by Gasteiger charge is 2.39. The van der Waals surface area contributed by atoms with Crippen molar-refractivity contribution in [2.45, 2.75) is 6.18 Å². The van der Waals surface area contributed by atoms with E-state index in [0.29, 0.717) is 0 Å². The van der Waals surface area contributed by atoms with Crippen molar-refractivity contribution in [3.8, 4) is 0 Å². The van der Waals surface area contributed by atoms with Crippen LogP contribution in [0.2, 0.25) is 0 Å². The highest BCUT2D eigenvalue weighted by Crippen LogP contribution is 2.30. The summed E-state index contributed by atoms with van der Waals surface area (Å²) in [7, 11) is 0. The zero-order valence-corrected chi connectivity index (χ0v) is 12.4. The van der Waals surface area contributed by atoms with Gasteiger partial charge in [0.2, 0.25) is 0 Å². The minimum Gasteiger partial charge on any atom is -0.439 e. The number of rotatable bonds is 3. The number of likely N-dealkylation sites (tertiary alicyclic amines) is 1. The van der Waals surface area contributed by atoms with Crippen molar-refractivity contribution >= 4 is 17.9 Å². The zero-order chi connectivity index (χ0) is 17.5. The van der Waals surface area contributed by atoms with E-state index < -0.39 is 29.6 Å². The van der Waals surface area contributed by atoms with Gasteiger partial charge in [-0.2, -0.15) is 13.2 Å². The van der Waals surface area contributed by atoms with E-state index in [1.165, 1.54) is 17.0 Å². The van der Waals surface area contributed by atoms with Crippen molar-refractivity contribution in [3.05, 3.63) is 35.4 Å². The molecule has 2 heterocycles. The second-order valence-corrected chi connectivity index (χ2v) is 5.71. The number of alkyl halides is 3. The van der Waals surface area contributed by atoms with Crippen LogP contribution in [-0.2, 0) is 15.7 Å². The summed E-state index contributed by atoms with van der Waals surface area (Å²) in [4.78, 5) is 37.3. The van der Waals surface area contributed by atoms with Crippen LogP contribution < -0.4 is 0 Å². The molecule has 0 radical (unpaired) electrons. The van der Waals surface area contributed by atoms with Crippen LogP contribution in [-0.4, -0.2) is 53.9 Å². The first kappa shape index (κ1) is 16.3. The highest BCUT2D eigenvalue weighted by atomic mass is 19.4. The van der Waals surface area contributed by atoms with Crippen molar-refractivity contribution in [1.29, 1.82) is 0 Å². The average molecular weight is 342 g/mol. The van der Waals surface area contributed by atoms with Gasteiger partial charge in [0.05, 0.1) is 5.56 Å². The summed E-state index contributed by atoms with van der Waals surface area (Å²) in [6.07, 6.45) is -5.22. The maximum absolute atomic E-state index is 12.7. The molecule has 9 heteroatoms. The molecule has 0 atom stereocenters. The van der Waals surface area contributed by atoms with Crippen LogP contribution >= 0.6 is 0 Å². The Hall–Kier alpha value is -2.58. The molecule has 0 bridgehead atoms. The van der Waals surface area contributed by atoms with Gasteiger partial charge in [0.1, 0.15) is 0 Å². The number of halogens is 3. The predicted octanol–water partition coefficient (Wildman–Crippen LogP) is 1.76. The Labute approximate surface area is 134 Å². The molecule has 0 aliphatic carbocycles. The van der Waals surface area contributed by atoms with E-state index in [2.05, 4.69) is 4.74 Å². The number of hydrogen-bond donors (Lipinski definition) is 0. The van der Waals surface area contributed by atoms with Gasteiger partial charge < -0.3 is 9.64 Å². The molecule has 0 spiro atoms. The van der Waals surface area contributed by atoms with Crippen LogP contribution in [0.5, 0.6) is 0 Å². The van der Waals surface area contributed by atoms with Gasteiger partial charge in [-0.15, -0.1) is 0 Å². The van der Waals surface area contributed by atoms with Gasteiger partial charge in [-0.3, -0.25) is 9.59 Å². The minimum absolute atomic E-state index is 0.0417. The molecule has 0 aromatic heterocycles. The summed E-state index contributed by atoms with van der Waals surface area (Å²) in [6.45, 7) is 0.404. The Morgan fingerprint density at radius 1 is 1.25 bits per heavy atom. The summed E-state index contributed by atoms with van der Waals surface area (Å²) in [5.41, 5.74) is -0.921. The summed E-state index contributed by atoms with van der Waals surface area (Å²) in [5.74, 6) is -1.04. The van der Waals surface area contributed by atoms with E-state index in [1.807, 2.05) is 0 Å². The van der Waals surface area contributed by atoms with Gasteiger partial charge in [0.15, 0.2) is 6.61 Å². The van der Waals surface area contributed by atoms with E-state index in [9.17, 15) is 27.6 Å². The molecule has 2 aliphatic heterocycles. The molecule has 3 amide bonds. The van der Waals surface area contributed by atoms with Crippen molar-refractivity contribution in [3.63, 3.8) is 0 Å². The molecular weight excluding hydrogens is 329 g/mol. The van der Waals surface area contributed by atoms with Gasteiger partial charge in [-0.05, 0) is 18.2 Å². The monoisotopic (exact) mass is 342 g/mol. The second-order valence-electron chi connectivity index (χ2n) is 5.71. The Kier molecular flexibility index (Phi) is 3.94. The largest absolute Gasteiger partial charge is 0.439 e. The van der Waals surface area contributed by atoms with Crippen molar-refractivity contribution in [2.24, 2.45) is 5.92 Å². The lowest BCUT2D eigenvalue weighted by Gasteiger charge is -2.40. The Bertz CT molecular complexity index is 682. The molecule has 0 unspecified atom stereocenters. The molecule has 6 nitrogen and oxygen atoms in total. The molecule has 0 saturated carbocycles. The fraction of sp³-hybridized carbons (Fsp3) is 0.400. The summed E-state index contributed by atoms with van der Waals surface area (Å²) in [5, 5.41) is 0. The number of amides is 3. The third-order valence-electron chi connectivity index (χ3n) is 3.96. The van der Waals surface area contributed by atoms with Gasteiger partial charge in [0.25, 0.3) is 11.8 Å². The third-order valence-corrected chi connectivity index (χ3v) is 3.96. The summed E-state index contributed by atoms with van der Waals surface area (Å²) < 4.78 is 42.6. The number of cyclic esters (lactones) is 1. The average Bonchev–Trinajstić information content (AvgIpc) is 2.80. The summed E-state index contributed by atoms with van der Waals surface area (Å²) >= 11 is 0. The van der Waals surface area contributed by atoms with Gasteiger partial charge in [-0.25, -0.2) is 9.69 Å². The molecule has 128 valence electrons. The first-order chi connectivity index (χ1) is 11.3. The van der Waals surface area contributed by atoms with Crippen molar-refractivity contribution in [2.75, 3.05) is 26.2 Å². The van der Waals surface area contributed by atoms with Gasteiger partial charge in [-0.1, -0.05) is 6.07 Å². The smallest absolute Gasteiger partial charge is 0.417 e. The topological polar surface area (TPSA) is 66.9 Å². The van der Waals surface area contributed by atoms with Crippen LogP contribution in [0, 0.1) is 5.92 Å². The molecular formula is C15H13F3N2O4. The molecule has 1 aromatic rings. The molecule has 2 aliphatic rings. The van der Waals surface area contributed by atoms with E-state index in [0.717, 1.165) is 17.0 Å². The van der Waals surface area contributed by atoms with Crippen molar-refractivity contribution in [1.82, 2.24) is 9.80 Å². The molecule has 3 rings (SSSR count). The highest BCUT2D eigenvalue weighted by molar-refractivity contribution is 5.98. The molecule has 2 saturated heterocycles. The number of benzene rings is 1. The Morgan fingerprint density at radius 3 is 2.54 bits per heavy atom. The fourth-order valence-corrected chi connectivity index (χ4v) is 2.68. The molecule has 1 aromatic carbocycles. The fourth-order valence-electron chi connectivity index (χ4n) is 2.68. The lowest BCUT2D eigenvalue weighted by molar-refractivity contribution is -0.137. The Morgan fingerprint density at radius 2 is 1.96 bits per heavy atom. The number of ether oxygens (including phenoxy) is 1. The third kappa shape index (κ3) is 3.06. The van der Waals surface area contributed by atoms with E-state index >= 15 is 0 Å². The van der Waals surface area contributed by atoms with Crippen LogP contribution in [0.15, 0.2) is 24.3 Å². The number of carbonyl (C=O) groups is 3. The number of imide groups is 1. The molecule has 0 N–H and O–H groups in total. The van der Waals surface area contributed by atoms with Gasteiger partial charge >= 0.3 is 12.3 Å². The maximum atomic E-state index is 12.7. The SMILES string of the molecule is O=C(c1cccc(C(F)(F)F)c1)N1CC(CN2C(=O)COC2=O)C1. The molecule has 24 heavy (non-hydrogen) atoms. The van der Waals surface area contributed by atoms with Crippen LogP contribution in [0.3, 0.4) is 0 Å². The lowest BCUT2D eigenvalue weighted by atomic mass is 9.97. The quantitative estimate of drug-likeness (QED) is 0.839. The van der Waals surface area contributed by atoms with E-state index in [-0.39, 0.29) is 37.7 Å². The van der Waals surface area contributed by atoms with Crippen LogP contribution in [0.25, 0.3) is 0 Å². The number of nitrogens with zero attached hydrogens (tertiary/aromatic N) is 2.